The molecule has 0 aliphatic carbocycles. The van der Waals surface area contributed by atoms with Crippen LogP contribution in [-0.4, -0.2) is 36.2 Å². The first-order chi connectivity index (χ1) is 9.76. The molecular formula is C14H23N3O3. The second kappa shape index (κ2) is 10.00. The summed E-state index contributed by atoms with van der Waals surface area (Å²) in [7, 11) is 1.41. The fourth-order valence-electron chi connectivity index (χ4n) is 1.60. The molecule has 0 amide bonds. The van der Waals surface area contributed by atoms with Gasteiger partial charge in [0.05, 0.1) is 26.1 Å². The zero-order valence-corrected chi connectivity index (χ0v) is 12.2. The number of methoxy groups -OCH3 is 1. The molecule has 1 heterocycles. The lowest BCUT2D eigenvalue weighted by Crippen LogP contribution is -2.06. The minimum absolute atomic E-state index is 0.149. The first kappa shape index (κ1) is 16.2. The Balaban J connectivity index is 2.16. The molecule has 0 spiro atoms. The third-order valence-electron chi connectivity index (χ3n) is 2.66. The van der Waals surface area contributed by atoms with Crippen LogP contribution < -0.4 is 10.1 Å². The van der Waals surface area contributed by atoms with Gasteiger partial charge >= 0.3 is 5.97 Å². The maximum atomic E-state index is 10.9. The number of nitrogens with one attached hydrogen (secondary N) is 1. The van der Waals surface area contributed by atoms with E-state index in [1.165, 1.54) is 7.11 Å². The number of nitrogens with zero attached hydrogens (tertiary/aromatic N) is 2. The summed E-state index contributed by atoms with van der Waals surface area (Å²) in [5, 5.41) is 3.19. The Bertz CT molecular complexity index is 399. The number of hydrogen-bond donors (Lipinski definition) is 1. The van der Waals surface area contributed by atoms with Crippen molar-refractivity contribution < 1.29 is 14.3 Å². The van der Waals surface area contributed by atoms with E-state index < -0.39 is 0 Å². The Morgan fingerprint density at radius 2 is 2.15 bits per heavy atom. The maximum Gasteiger partial charge on any atom is 0.305 e. The van der Waals surface area contributed by atoms with Gasteiger partial charge in [-0.15, -0.1) is 0 Å². The van der Waals surface area contributed by atoms with Crippen molar-refractivity contribution in [3.05, 3.63) is 12.4 Å². The third kappa shape index (κ3) is 6.92. The average molecular weight is 281 g/mol. The monoisotopic (exact) mass is 281 g/mol. The lowest BCUT2D eigenvalue weighted by molar-refractivity contribution is -0.140. The molecule has 6 nitrogen and oxygen atoms in total. The molecule has 6 heteroatoms. The summed E-state index contributed by atoms with van der Waals surface area (Å²) in [5.74, 6) is 1.11. The van der Waals surface area contributed by atoms with Crippen molar-refractivity contribution in [2.45, 2.75) is 39.0 Å². The predicted octanol–water partition coefficient (Wildman–Crippen LogP) is 2.41. The molecule has 0 fully saturated rings. The smallest absolute Gasteiger partial charge is 0.305 e. The number of ether oxygens (including phenoxy) is 2. The SMILES string of the molecule is CCCOc1cncc(NCCCCCC(=O)OC)n1. The highest BCUT2D eigenvalue weighted by Gasteiger charge is 2.01. The fourth-order valence-corrected chi connectivity index (χ4v) is 1.60. The van der Waals surface area contributed by atoms with Crippen molar-refractivity contribution in [2.24, 2.45) is 0 Å². The van der Waals surface area contributed by atoms with E-state index in [0.29, 0.717) is 24.7 Å². The largest absolute Gasteiger partial charge is 0.477 e. The van der Waals surface area contributed by atoms with Crippen LogP contribution in [0, 0.1) is 0 Å². The molecule has 0 aromatic carbocycles. The van der Waals surface area contributed by atoms with Crippen LogP contribution in [0.4, 0.5) is 5.82 Å². The topological polar surface area (TPSA) is 73.3 Å². The van der Waals surface area contributed by atoms with Gasteiger partial charge in [-0.3, -0.25) is 9.78 Å². The molecule has 0 aliphatic heterocycles. The van der Waals surface area contributed by atoms with Gasteiger partial charge in [-0.1, -0.05) is 13.3 Å². The van der Waals surface area contributed by atoms with Crippen molar-refractivity contribution in [3.8, 4) is 5.88 Å². The molecule has 0 bridgehead atoms. The maximum absolute atomic E-state index is 10.9. The normalized spacial score (nSPS) is 10.1. The van der Waals surface area contributed by atoms with E-state index in [-0.39, 0.29) is 5.97 Å². The minimum Gasteiger partial charge on any atom is -0.477 e. The lowest BCUT2D eigenvalue weighted by Gasteiger charge is -2.07. The zero-order valence-electron chi connectivity index (χ0n) is 12.2. The second-order valence-corrected chi connectivity index (χ2v) is 4.40. The number of carbonyl (C=O) groups is 1. The van der Waals surface area contributed by atoms with Crippen molar-refractivity contribution >= 4 is 11.8 Å². The van der Waals surface area contributed by atoms with E-state index in [1.54, 1.807) is 12.4 Å². The number of esters is 1. The van der Waals surface area contributed by atoms with Gasteiger partial charge in [0.15, 0.2) is 0 Å². The molecule has 0 radical (unpaired) electrons. The highest BCUT2D eigenvalue weighted by molar-refractivity contribution is 5.68. The Morgan fingerprint density at radius 1 is 1.30 bits per heavy atom. The number of rotatable bonds is 10. The van der Waals surface area contributed by atoms with Crippen LogP contribution in [0.3, 0.4) is 0 Å². The molecule has 1 N–H and O–H groups in total. The van der Waals surface area contributed by atoms with E-state index in [9.17, 15) is 4.79 Å². The Hall–Kier alpha value is -1.85. The highest BCUT2D eigenvalue weighted by Crippen LogP contribution is 2.09. The van der Waals surface area contributed by atoms with Gasteiger partial charge in [-0.05, 0) is 19.3 Å². The van der Waals surface area contributed by atoms with Gasteiger partial charge < -0.3 is 14.8 Å². The standard InChI is InChI=1S/C14H23N3O3/c1-3-9-20-13-11-15-10-12(17-13)16-8-6-4-5-7-14(18)19-2/h10-11H,3-9H2,1-2H3,(H,16,17). The third-order valence-corrected chi connectivity index (χ3v) is 2.66. The molecule has 0 unspecified atom stereocenters. The summed E-state index contributed by atoms with van der Waals surface area (Å²) in [6, 6.07) is 0. The molecule has 1 rings (SSSR count). The molecule has 1 aromatic heterocycles. The van der Waals surface area contributed by atoms with E-state index >= 15 is 0 Å². The minimum atomic E-state index is -0.149. The number of carbonyl (C=O) groups excluding carboxylic acids is 1. The van der Waals surface area contributed by atoms with Crippen LogP contribution >= 0.6 is 0 Å². The summed E-state index contributed by atoms with van der Waals surface area (Å²) in [5.41, 5.74) is 0. The molecule has 0 saturated carbocycles. The van der Waals surface area contributed by atoms with Crippen LogP contribution in [-0.2, 0) is 9.53 Å². The summed E-state index contributed by atoms with van der Waals surface area (Å²) in [6.45, 7) is 3.49. The molecule has 0 atom stereocenters. The van der Waals surface area contributed by atoms with Gasteiger partial charge in [-0.25, -0.2) is 0 Å². The van der Waals surface area contributed by atoms with Gasteiger partial charge in [0.25, 0.3) is 0 Å². The van der Waals surface area contributed by atoms with Crippen LogP contribution in [0.15, 0.2) is 12.4 Å². The fraction of sp³-hybridized carbons (Fsp3) is 0.643. The quantitative estimate of drug-likeness (QED) is 0.524. The van der Waals surface area contributed by atoms with Gasteiger partial charge in [0, 0.05) is 13.0 Å². The summed E-state index contributed by atoms with van der Waals surface area (Å²) in [4.78, 5) is 19.3. The molecule has 0 saturated heterocycles. The summed E-state index contributed by atoms with van der Waals surface area (Å²) in [6.07, 6.45) is 7.50. The molecule has 0 aliphatic rings. The molecule has 112 valence electrons. The summed E-state index contributed by atoms with van der Waals surface area (Å²) < 4.78 is 10.00. The van der Waals surface area contributed by atoms with Crippen molar-refractivity contribution in [1.82, 2.24) is 9.97 Å². The van der Waals surface area contributed by atoms with Gasteiger partial charge in [0.1, 0.15) is 5.82 Å². The van der Waals surface area contributed by atoms with Gasteiger partial charge in [-0.2, -0.15) is 4.98 Å². The zero-order chi connectivity index (χ0) is 14.6. The van der Waals surface area contributed by atoms with Gasteiger partial charge in [0.2, 0.25) is 5.88 Å². The number of anilines is 1. The molecular weight excluding hydrogens is 258 g/mol. The van der Waals surface area contributed by atoms with Crippen LogP contribution in [0.25, 0.3) is 0 Å². The van der Waals surface area contributed by atoms with Crippen LogP contribution in [0.2, 0.25) is 0 Å². The highest BCUT2D eigenvalue weighted by atomic mass is 16.5. The molecule has 1 aromatic rings. The first-order valence-corrected chi connectivity index (χ1v) is 7.01. The molecule has 20 heavy (non-hydrogen) atoms. The Kier molecular flexibility index (Phi) is 8.10. The lowest BCUT2D eigenvalue weighted by atomic mass is 10.2. The summed E-state index contributed by atoms with van der Waals surface area (Å²) >= 11 is 0. The Morgan fingerprint density at radius 3 is 2.90 bits per heavy atom. The van der Waals surface area contributed by atoms with Crippen LogP contribution in [0.1, 0.15) is 39.0 Å². The van der Waals surface area contributed by atoms with Crippen molar-refractivity contribution in [2.75, 3.05) is 25.6 Å². The van der Waals surface area contributed by atoms with E-state index in [1.807, 2.05) is 6.92 Å². The predicted molar refractivity (Wildman–Crippen MR) is 76.8 cm³/mol. The van der Waals surface area contributed by atoms with Crippen molar-refractivity contribution in [3.63, 3.8) is 0 Å². The first-order valence-electron chi connectivity index (χ1n) is 7.01. The van der Waals surface area contributed by atoms with E-state index in [2.05, 4.69) is 20.0 Å². The van der Waals surface area contributed by atoms with E-state index in [4.69, 9.17) is 4.74 Å². The second-order valence-electron chi connectivity index (χ2n) is 4.40. The van der Waals surface area contributed by atoms with Crippen LogP contribution in [0.5, 0.6) is 5.88 Å². The number of aromatic nitrogens is 2. The van der Waals surface area contributed by atoms with Crippen molar-refractivity contribution in [1.29, 1.82) is 0 Å². The number of unbranched alkanes of at least 4 members (excludes halogenated alkanes) is 2. The van der Waals surface area contributed by atoms with E-state index in [0.717, 1.165) is 32.2 Å². The average Bonchev–Trinajstić information content (AvgIpc) is 2.48. The Labute approximate surface area is 119 Å². The number of hydrogen-bond acceptors (Lipinski definition) is 6.